The monoisotopic (exact) mass is 199 g/mol. The molecule has 2 aliphatic rings. The van der Waals surface area contributed by atoms with Gasteiger partial charge in [-0.1, -0.05) is 6.92 Å². The molecule has 1 nitrogen and oxygen atoms in total. The molecule has 2 fully saturated rings. The highest BCUT2D eigenvalue weighted by Gasteiger charge is 2.41. The minimum Gasteiger partial charge on any atom is -0.330 e. The van der Waals surface area contributed by atoms with Gasteiger partial charge in [0.15, 0.2) is 0 Å². The van der Waals surface area contributed by atoms with Crippen molar-refractivity contribution in [2.24, 2.45) is 23.5 Å². The second-order valence-electron chi connectivity index (χ2n) is 4.59. The summed E-state index contributed by atoms with van der Waals surface area (Å²) in [6, 6.07) is 0. The standard InChI is InChI=1S/C11H21NS/c1-2-13-11-9-3-4-10(11)6-8(5-9)7-12/h8-11H,2-7,12H2,1H3. The SMILES string of the molecule is CCSC1C2CCC1CC(CN)C2. The van der Waals surface area contributed by atoms with Crippen molar-refractivity contribution < 1.29 is 0 Å². The summed E-state index contributed by atoms with van der Waals surface area (Å²) in [4.78, 5) is 0. The Bertz CT molecular complexity index is 157. The molecule has 0 aromatic rings. The van der Waals surface area contributed by atoms with Crippen LogP contribution in [0.5, 0.6) is 0 Å². The van der Waals surface area contributed by atoms with Crippen molar-refractivity contribution in [1.82, 2.24) is 0 Å². The average Bonchev–Trinajstić information content (AvgIpc) is 2.39. The van der Waals surface area contributed by atoms with Crippen molar-refractivity contribution in [1.29, 1.82) is 0 Å². The zero-order chi connectivity index (χ0) is 9.26. The van der Waals surface area contributed by atoms with E-state index in [4.69, 9.17) is 5.73 Å². The predicted octanol–water partition coefficient (Wildman–Crippen LogP) is 2.50. The molecule has 0 aromatic heterocycles. The van der Waals surface area contributed by atoms with Gasteiger partial charge in [0.2, 0.25) is 0 Å². The molecular weight excluding hydrogens is 178 g/mol. The number of fused-ring (bicyclic) bond motifs is 2. The molecule has 2 aliphatic carbocycles. The summed E-state index contributed by atoms with van der Waals surface area (Å²) in [5, 5.41) is 0.993. The fourth-order valence-corrected chi connectivity index (χ4v) is 4.68. The highest BCUT2D eigenvalue weighted by molar-refractivity contribution is 7.99. The van der Waals surface area contributed by atoms with E-state index in [1.807, 2.05) is 0 Å². The lowest BCUT2D eigenvalue weighted by atomic mass is 9.80. The topological polar surface area (TPSA) is 26.0 Å². The number of thioether (sulfide) groups is 1. The lowest BCUT2D eigenvalue weighted by Gasteiger charge is -2.34. The molecule has 2 atom stereocenters. The zero-order valence-corrected chi connectivity index (χ0v) is 9.35. The number of rotatable bonds is 3. The Morgan fingerprint density at radius 3 is 2.31 bits per heavy atom. The summed E-state index contributed by atoms with van der Waals surface area (Å²) in [5.41, 5.74) is 5.77. The average molecular weight is 199 g/mol. The maximum absolute atomic E-state index is 5.77. The fraction of sp³-hybridized carbons (Fsp3) is 1.00. The Labute approximate surface area is 85.8 Å². The first-order chi connectivity index (χ1) is 6.35. The van der Waals surface area contributed by atoms with Crippen molar-refractivity contribution in [3.8, 4) is 0 Å². The van der Waals surface area contributed by atoms with E-state index in [0.717, 1.165) is 29.5 Å². The maximum atomic E-state index is 5.77. The van der Waals surface area contributed by atoms with Crippen LogP contribution in [0.2, 0.25) is 0 Å². The van der Waals surface area contributed by atoms with E-state index in [1.54, 1.807) is 0 Å². The van der Waals surface area contributed by atoms with Gasteiger partial charge in [0.05, 0.1) is 0 Å². The molecule has 0 saturated heterocycles. The van der Waals surface area contributed by atoms with Crippen molar-refractivity contribution in [2.75, 3.05) is 12.3 Å². The summed E-state index contributed by atoms with van der Waals surface area (Å²) in [7, 11) is 0. The van der Waals surface area contributed by atoms with E-state index >= 15 is 0 Å². The summed E-state index contributed by atoms with van der Waals surface area (Å²) in [5.74, 6) is 4.17. The van der Waals surface area contributed by atoms with Crippen molar-refractivity contribution in [3.05, 3.63) is 0 Å². The first-order valence-electron chi connectivity index (χ1n) is 5.66. The van der Waals surface area contributed by atoms with E-state index in [-0.39, 0.29) is 0 Å². The quantitative estimate of drug-likeness (QED) is 0.756. The maximum Gasteiger partial charge on any atom is 0.0104 e. The van der Waals surface area contributed by atoms with Gasteiger partial charge < -0.3 is 5.73 Å². The van der Waals surface area contributed by atoms with Crippen LogP contribution < -0.4 is 5.73 Å². The third-order valence-electron chi connectivity index (χ3n) is 3.80. The molecule has 0 heterocycles. The second kappa shape index (κ2) is 4.22. The molecule has 0 spiro atoms. The van der Waals surface area contributed by atoms with Crippen LogP contribution in [0.1, 0.15) is 32.6 Å². The molecule has 2 unspecified atom stereocenters. The van der Waals surface area contributed by atoms with E-state index in [9.17, 15) is 0 Å². The second-order valence-corrected chi connectivity index (χ2v) is 6.05. The van der Waals surface area contributed by atoms with Gasteiger partial charge in [0.1, 0.15) is 0 Å². The third-order valence-corrected chi connectivity index (χ3v) is 5.29. The van der Waals surface area contributed by atoms with Crippen molar-refractivity contribution in [3.63, 3.8) is 0 Å². The molecule has 2 heteroatoms. The number of hydrogen-bond acceptors (Lipinski definition) is 2. The summed E-state index contributed by atoms with van der Waals surface area (Å²) < 4.78 is 0. The van der Waals surface area contributed by atoms with E-state index < -0.39 is 0 Å². The minimum absolute atomic E-state index is 0.853. The molecule has 0 aromatic carbocycles. The lowest BCUT2D eigenvalue weighted by molar-refractivity contribution is 0.276. The van der Waals surface area contributed by atoms with Gasteiger partial charge in [-0.25, -0.2) is 0 Å². The van der Waals surface area contributed by atoms with Gasteiger partial charge in [-0.2, -0.15) is 11.8 Å². The number of nitrogens with two attached hydrogens (primary N) is 1. The molecule has 2 saturated carbocycles. The molecule has 76 valence electrons. The molecule has 0 radical (unpaired) electrons. The largest absolute Gasteiger partial charge is 0.330 e. The summed E-state index contributed by atoms with van der Waals surface area (Å²) in [6.07, 6.45) is 5.81. The lowest BCUT2D eigenvalue weighted by Crippen LogP contribution is -2.31. The predicted molar refractivity (Wildman–Crippen MR) is 59.9 cm³/mol. The molecule has 0 aliphatic heterocycles. The Morgan fingerprint density at radius 1 is 1.23 bits per heavy atom. The normalized spacial score (nSPS) is 43.8. The highest BCUT2D eigenvalue weighted by atomic mass is 32.2. The number of hydrogen-bond donors (Lipinski definition) is 1. The van der Waals surface area contributed by atoms with Gasteiger partial charge in [-0.05, 0) is 55.7 Å². The molecule has 2 N–H and O–H groups in total. The van der Waals surface area contributed by atoms with Crippen LogP contribution in [0.4, 0.5) is 0 Å². The zero-order valence-electron chi connectivity index (χ0n) is 8.54. The van der Waals surface area contributed by atoms with Gasteiger partial charge in [-0.3, -0.25) is 0 Å². The first kappa shape index (κ1) is 9.85. The Kier molecular flexibility index (Phi) is 3.20. The van der Waals surface area contributed by atoms with Gasteiger partial charge in [-0.15, -0.1) is 0 Å². The van der Waals surface area contributed by atoms with Crippen LogP contribution in [-0.2, 0) is 0 Å². The van der Waals surface area contributed by atoms with Gasteiger partial charge in [0.25, 0.3) is 0 Å². The third kappa shape index (κ3) is 1.89. The minimum atomic E-state index is 0.853. The van der Waals surface area contributed by atoms with Crippen LogP contribution in [0.3, 0.4) is 0 Å². The fourth-order valence-electron chi connectivity index (χ4n) is 3.26. The van der Waals surface area contributed by atoms with Crippen molar-refractivity contribution >= 4 is 11.8 Å². The highest BCUT2D eigenvalue weighted by Crippen LogP contribution is 2.49. The molecule has 2 bridgehead atoms. The van der Waals surface area contributed by atoms with E-state index in [2.05, 4.69) is 18.7 Å². The van der Waals surface area contributed by atoms with Crippen LogP contribution in [0.15, 0.2) is 0 Å². The van der Waals surface area contributed by atoms with Crippen LogP contribution >= 0.6 is 11.8 Å². The van der Waals surface area contributed by atoms with E-state index in [0.29, 0.717) is 0 Å². The van der Waals surface area contributed by atoms with E-state index in [1.165, 1.54) is 31.4 Å². The van der Waals surface area contributed by atoms with Gasteiger partial charge >= 0.3 is 0 Å². The summed E-state index contributed by atoms with van der Waals surface area (Å²) >= 11 is 2.20. The van der Waals surface area contributed by atoms with Crippen LogP contribution in [-0.4, -0.2) is 17.5 Å². The van der Waals surface area contributed by atoms with Crippen molar-refractivity contribution in [2.45, 2.75) is 37.9 Å². The Balaban J connectivity index is 1.96. The Morgan fingerprint density at radius 2 is 1.85 bits per heavy atom. The molecule has 13 heavy (non-hydrogen) atoms. The van der Waals surface area contributed by atoms with Gasteiger partial charge in [0, 0.05) is 5.25 Å². The molecule has 0 amide bonds. The van der Waals surface area contributed by atoms with Crippen LogP contribution in [0, 0.1) is 17.8 Å². The first-order valence-corrected chi connectivity index (χ1v) is 6.71. The smallest absolute Gasteiger partial charge is 0.0104 e. The van der Waals surface area contributed by atoms with Crippen LogP contribution in [0.25, 0.3) is 0 Å². The summed E-state index contributed by atoms with van der Waals surface area (Å²) in [6.45, 7) is 3.22. The Hall–Kier alpha value is 0.310. The molecule has 2 rings (SSSR count). The molecular formula is C11H21NS.